The first-order valence-electron chi connectivity index (χ1n) is 6.67. The average Bonchev–Trinajstić information content (AvgIpc) is 2.38. The van der Waals surface area contributed by atoms with E-state index in [-0.39, 0.29) is 12.0 Å². The summed E-state index contributed by atoms with van der Waals surface area (Å²) in [4.78, 5) is 9.56. The molecule has 3 rings (SSSR count). The van der Waals surface area contributed by atoms with E-state index in [0.717, 1.165) is 27.7 Å². The molecule has 0 fully saturated rings. The number of aromatic nitrogens is 1. The molecule has 0 bridgehead atoms. The highest BCUT2D eigenvalue weighted by atomic mass is 35.5. The van der Waals surface area contributed by atoms with Gasteiger partial charge in [0, 0.05) is 22.4 Å². The van der Waals surface area contributed by atoms with Gasteiger partial charge in [-0.05, 0) is 30.5 Å². The van der Waals surface area contributed by atoms with E-state index < -0.39 is 0 Å². The molecule has 2 unspecified atom stereocenters. The van der Waals surface area contributed by atoms with E-state index >= 15 is 0 Å². The lowest BCUT2D eigenvalue weighted by Gasteiger charge is -2.30. The van der Waals surface area contributed by atoms with Crippen molar-refractivity contribution in [3.63, 3.8) is 0 Å². The Morgan fingerprint density at radius 3 is 2.79 bits per heavy atom. The van der Waals surface area contributed by atoms with Crippen LogP contribution in [-0.4, -0.2) is 10.7 Å². The SMILES string of the molecule is Cc1ccc2c(n1)C1N=C(C(C)C)C=C(Cl)C1C=C2. The van der Waals surface area contributed by atoms with Crippen molar-refractivity contribution in [1.82, 2.24) is 4.98 Å². The Hall–Kier alpha value is -1.41. The Morgan fingerprint density at radius 2 is 2.05 bits per heavy atom. The maximum Gasteiger partial charge on any atom is 0.104 e. The fraction of sp³-hybridized carbons (Fsp3) is 0.375. The number of dihydropyridines is 1. The van der Waals surface area contributed by atoms with Crippen LogP contribution in [0.5, 0.6) is 0 Å². The number of rotatable bonds is 1. The first-order chi connectivity index (χ1) is 9.06. The molecule has 1 aliphatic heterocycles. The summed E-state index contributed by atoms with van der Waals surface area (Å²) >= 11 is 6.44. The Morgan fingerprint density at radius 1 is 1.26 bits per heavy atom. The summed E-state index contributed by atoms with van der Waals surface area (Å²) in [6, 6.07) is 4.19. The van der Waals surface area contributed by atoms with Crippen molar-refractivity contribution >= 4 is 23.4 Å². The van der Waals surface area contributed by atoms with Crippen LogP contribution in [0.3, 0.4) is 0 Å². The molecule has 0 N–H and O–H groups in total. The molecular formula is C16H17ClN2. The van der Waals surface area contributed by atoms with Crippen molar-refractivity contribution in [2.45, 2.75) is 26.8 Å². The van der Waals surface area contributed by atoms with Crippen LogP contribution in [-0.2, 0) is 0 Å². The van der Waals surface area contributed by atoms with Gasteiger partial charge in [-0.2, -0.15) is 0 Å². The molecule has 3 heteroatoms. The number of aliphatic imine (C=N–C) groups is 1. The highest BCUT2D eigenvalue weighted by Crippen LogP contribution is 2.42. The summed E-state index contributed by atoms with van der Waals surface area (Å²) < 4.78 is 0. The van der Waals surface area contributed by atoms with Gasteiger partial charge in [0.2, 0.25) is 0 Å². The summed E-state index contributed by atoms with van der Waals surface area (Å²) in [5.41, 5.74) is 4.30. The lowest BCUT2D eigenvalue weighted by molar-refractivity contribution is 0.574. The van der Waals surface area contributed by atoms with Crippen molar-refractivity contribution in [2.75, 3.05) is 0 Å². The van der Waals surface area contributed by atoms with E-state index in [1.54, 1.807) is 0 Å². The molecule has 2 nitrogen and oxygen atoms in total. The van der Waals surface area contributed by atoms with E-state index in [0.29, 0.717) is 5.92 Å². The number of hydrogen-bond acceptors (Lipinski definition) is 2. The van der Waals surface area contributed by atoms with Gasteiger partial charge in [0.1, 0.15) is 6.04 Å². The van der Waals surface area contributed by atoms with E-state index in [9.17, 15) is 0 Å². The highest BCUT2D eigenvalue weighted by Gasteiger charge is 2.32. The van der Waals surface area contributed by atoms with Gasteiger partial charge in [-0.15, -0.1) is 0 Å². The van der Waals surface area contributed by atoms with Crippen LogP contribution in [0.2, 0.25) is 0 Å². The Labute approximate surface area is 118 Å². The van der Waals surface area contributed by atoms with Gasteiger partial charge in [0.15, 0.2) is 0 Å². The Bertz CT molecular complexity index is 611. The van der Waals surface area contributed by atoms with Crippen molar-refractivity contribution in [3.05, 3.63) is 46.3 Å². The van der Waals surface area contributed by atoms with Gasteiger partial charge in [-0.3, -0.25) is 9.98 Å². The minimum absolute atomic E-state index is 0.0369. The number of halogens is 1. The molecule has 0 saturated carbocycles. The molecule has 0 saturated heterocycles. The molecule has 2 aliphatic rings. The number of nitrogens with zero attached hydrogens (tertiary/aromatic N) is 2. The number of allylic oxidation sites excluding steroid dienone is 1. The first kappa shape index (κ1) is 12.6. The van der Waals surface area contributed by atoms with E-state index in [2.05, 4.69) is 37.0 Å². The maximum absolute atomic E-state index is 6.44. The smallest absolute Gasteiger partial charge is 0.104 e. The fourth-order valence-electron chi connectivity index (χ4n) is 2.58. The molecular weight excluding hydrogens is 256 g/mol. The zero-order valence-corrected chi connectivity index (χ0v) is 12.1. The number of pyridine rings is 1. The van der Waals surface area contributed by atoms with Crippen LogP contribution in [0.1, 0.15) is 36.8 Å². The average molecular weight is 273 g/mol. The van der Waals surface area contributed by atoms with Crippen LogP contribution in [0.4, 0.5) is 0 Å². The summed E-state index contributed by atoms with van der Waals surface area (Å²) in [5.74, 6) is 0.528. The minimum atomic E-state index is 0.0369. The molecule has 1 aromatic heterocycles. The third-order valence-corrected chi connectivity index (χ3v) is 4.05. The normalized spacial score (nSPS) is 24.7. The van der Waals surface area contributed by atoms with Gasteiger partial charge in [0.05, 0.1) is 5.69 Å². The van der Waals surface area contributed by atoms with Gasteiger partial charge in [-0.25, -0.2) is 0 Å². The minimum Gasteiger partial charge on any atom is -0.279 e. The number of fused-ring (bicyclic) bond motifs is 3. The lowest BCUT2D eigenvalue weighted by atomic mass is 9.85. The molecule has 2 atom stereocenters. The van der Waals surface area contributed by atoms with E-state index in [4.69, 9.17) is 16.6 Å². The third kappa shape index (κ3) is 2.14. The van der Waals surface area contributed by atoms with Crippen LogP contribution in [0.25, 0.3) is 6.08 Å². The van der Waals surface area contributed by atoms with Crippen molar-refractivity contribution < 1.29 is 0 Å². The molecule has 0 radical (unpaired) electrons. The predicted molar refractivity (Wildman–Crippen MR) is 80.4 cm³/mol. The van der Waals surface area contributed by atoms with Gasteiger partial charge in [0.25, 0.3) is 0 Å². The van der Waals surface area contributed by atoms with Crippen LogP contribution in [0, 0.1) is 18.8 Å². The molecule has 19 heavy (non-hydrogen) atoms. The van der Waals surface area contributed by atoms with Crippen molar-refractivity contribution in [3.8, 4) is 0 Å². The molecule has 0 amide bonds. The number of aryl methyl sites for hydroxylation is 1. The fourth-order valence-corrected chi connectivity index (χ4v) is 2.89. The molecule has 2 heterocycles. The Kier molecular flexibility index (Phi) is 3.06. The van der Waals surface area contributed by atoms with Gasteiger partial charge in [-0.1, -0.05) is 43.7 Å². The summed E-state index contributed by atoms with van der Waals surface area (Å²) in [6.07, 6.45) is 6.26. The predicted octanol–water partition coefficient (Wildman–Crippen LogP) is 4.31. The standard InChI is InChI=1S/C16H17ClN2/c1-9(2)14-8-13(17)12-7-6-11-5-4-10(3)18-15(11)16(12)19-14/h4-9,12,16H,1-3H3. The van der Waals surface area contributed by atoms with Gasteiger partial charge >= 0.3 is 0 Å². The highest BCUT2D eigenvalue weighted by molar-refractivity contribution is 6.32. The second kappa shape index (κ2) is 4.61. The molecule has 1 aliphatic carbocycles. The monoisotopic (exact) mass is 272 g/mol. The maximum atomic E-state index is 6.44. The quantitative estimate of drug-likeness (QED) is 0.748. The second-order valence-corrected chi connectivity index (χ2v) is 5.93. The lowest BCUT2D eigenvalue weighted by Crippen LogP contribution is -2.23. The third-order valence-electron chi connectivity index (χ3n) is 3.68. The summed E-state index contributed by atoms with van der Waals surface area (Å²) in [5, 5.41) is 0.869. The largest absolute Gasteiger partial charge is 0.279 e. The molecule has 1 aromatic rings. The van der Waals surface area contributed by atoms with E-state index in [1.807, 2.05) is 19.1 Å². The zero-order chi connectivity index (χ0) is 13.6. The molecule has 98 valence electrons. The van der Waals surface area contributed by atoms with Gasteiger partial charge < -0.3 is 0 Å². The van der Waals surface area contributed by atoms with E-state index in [1.165, 1.54) is 0 Å². The van der Waals surface area contributed by atoms with Crippen molar-refractivity contribution in [2.24, 2.45) is 16.8 Å². The van der Waals surface area contributed by atoms with Crippen LogP contribution < -0.4 is 0 Å². The van der Waals surface area contributed by atoms with Crippen molar-refractivity contribution in [1.29, 1.82) is 0 Å². The molecule has 0 spiro atoms. The topological polar surface area (TPSA) is 25.2 Å². The first-order valence-corrected chi connectivity index (χ1v) is 7.04. The summed E-state index contributed by atoms with van der Waals surface area (Å²) in [6.45, 7) is 6.30. The Balaban J connectivity index is 2.13. The van der Waals surface area contributed by atoms with Crippen LogP contribution >= 0.6 is 11.6 Å². The van der Waals surface area contributed by atoms with Crippen LogP contribution in [0.15, 0.2) is 34.3 Å². The second-order valence-electron chi connectivity index (χ2n) is 5.49. The summed E-state index contributed by atoms with van der Waals surface area (Å²) in [7, 11) is 0. The number of hydrogen-bond donors (Lipinski definition) is 0. The molecule has 0 aromatic carbocycles. The zero-order valence-electron chi connectivity index (χ0n) is 11.4.